The molecule has 0 aromatic carbocycles. The van der Waals surface area contributed by atoms with Crippen LogP contribution in [0.5, 0.6) is 0 Å². The lowest BCUT2D eigenvalue weighted by atomic mass is 9.84. The van der Waals surface area contributed by atoms with Crippen LogP contribution in [0.4, 0.5) is 0 Å². The van der Waals surface area contributed by atoms with Crippen molar-refractivity contribution < 1.29 is 4.52 Å². The van der Waals surface area contributed by atoms with Gasteiger partial charge in [-0.2, -0.15) is 4.98 Å². The summed E-state index contributed by atoms with van der Waals surface area (Å²) in [5, 5.41) is 10.8. The lowest BCUT2D eigenvalue weighted by Crippen LogP contribution is -2.39. The average Bonchev–Trinajstić information content (AvgIpc) is 3.37. The molecule has 1 aliphatic carbocycles. The summed E-state index contributed by atoms with van der Waals surface area (Å²) in [5.41, 5.74) is 1.09. The van der Waals surface area contributed by atoms with E-state index in [4.69, 9.17) is 9.52 Å². The summed E-state index contributed by atoms with van der Waals surface area (Å²) in [4.78, 5) is 13.5. The summed E-state index contributed by atoms with van der Waals surface area (Å²) in [7, 11) is 0. The number of rotatable bonds is 8. The van der Waals surface area contributed by atoms with E-state index in [1.54, 1.807) is 6.20 Å². The third-order valence-corrected chi connectivity index (χ3v) is 5.32. The van der Waals surface area contributed by atoms with Crippen molar-refractivity contribution in [3.63, 3.8) is 0 Å². The number of aliphatic imine (C=N–C) groups is 1. The van der Waals surface area contributed by atoms with Crippen LogP contribution < -0.4 is 10.6 Å². The van der Waals surface area contributed by atoms with Gasteiger partial charge in [0.05, 0.1) is 0 Å². The Kier molecular flexibility index (Phi) is 6.79. The van der Waals surface area contributed by atoms with Gasteiger partial charge in [-0.1, -0.05) is 31.0 Å². The predicted octanol–water partition coefficient (Wildman–Crippen LogP) is 3.20. The minimum Gasteiger partial charge on any atom is -0.357 e. The Morgan fingerprint density at radius 2 is 2.07 bits per heavy atom. The summed E-state index contributed by atoms with van der Waals surface area (Å²) in [6, 6.07) is 5.62. The molecular weight excluding hydrogens is 340 g/mol. The highest BCUT2D eigenvalue weighted by molar-refractivity contribution is 5.79. The van der Waals surface area contributed by atoms with Gasteiger partial charge in [0.15, 0.2) is 11.8 Å². The molecule has 7 heteroatoms. The average molecular weight is 371 g/mol. The van der Waals surface area contributed by atoms with Gasteiger partial charge >= 0.3 is 0 Å². The maximum Gasteiger partial charge on any atom is 0.276 e. The topological polar surface area (TPSA) is 88.2 Å². The number of pyridine rings is 1. The molecule has 2 aromatic rings. The summed E-state index contributed by atoms with van der Waals surface area (Å²) >= 11 is 0. The minimum absolute atomic E-state index is 0.396. The van der Waals surface area contributed by atoms with Crippen molar-refractivity contribution in [3.05, 3.63) is 30.2 Å². The predicted molar refractivity (Wildman–Crippen MR) is 106 cm³/mol. The van der Waals surface area contributed by atoms with Gasteiger partial charge in [-0.3, -0.25) is 9.98 Å². The zero-order chi connectivity index (χ0) is 19.0. The fourth-order valence-electron chi connectivity index (χ4n) is 3.58. The highest BCUT2D eigenvalue weighted by Gasteiger charge is 2.31. The van der Waals surface area contributed by atoms with E-state index in [0.29, 0.717) is 35.8 Å². The number of hydrogen-bond acceptors (Lipinski definition) is 5. The summed E-state index contributed by atoms with van der Waals surface area (Å²) < 4.78 is 5.30. The van der Waals surface area contributed by atoms with E-state index in [9.17, 15) is 0 Å². The van der Waals surface area contributed by atoms with Crippen molar-refractivity contribution in [3.8, 4) is 11.6 Å². The first-order valence-electron chi connectivity index (χ1n) is 10.0. The Bertz CT molecular complexity index is 721. The normalized spacial score (nSPS) is 16.4. The summed E-state index contributed by atoms with van der Waals surface area (Å²) in [6.45, 7) is 6.81. The van der Waals surface area contributed by atoms with Crippen molar-refractivity contribution in [1.29, 1.82) is 0 Å². The van der Waals surface area contributed by atoms with Crippen LogP contribution in [0, 0.1) is 5.41 Å². The molecule has 1 saturated carbocycles. The van der Waals surface area contributed by atoms with E-state index in [2.05, 4.69) is 39.6 Å². The zero-order valence-electron chi connectivity index (χ0n) is 16.4. The Balaban J connectivity index is 1.52. The zero-order valence-corrected chi connectivity index (χ0v) is 16.4. The molecule has 0 atom stereocenters. The smallest absolute Gasteiger partial charge is 0.276 e. The third kappa shape index (κ3) is 5.28. The van der Waals surface area contributed by atoms with E-state index in [1.807, 2.05) is 18.2 Å². The first-order valence-corrected chi connectivity index (χ1v) is 10.0. The van der Waals surface area contributed by atoms with Crippen LogP contribution in [0.2, 0.25) is 0 Å². The molecule has 146 valence electrons. The molecule has 0 aliphatic heterocycles. The van der Waals surface area contributed by atoms with E-state index in [-0.39, 0.29) is 0 Å². The molecule has 0 bridgehead atoms. The molecule has 27 heavy (non-hydrogen) atoms. The van der Waals surface area contributed by atoms with Gasteiger partial charge in [0.2, 0.25) is 0 Å². The molecule has 1 aliphatic rings. The summed E-state index contributed by atoms with van der Waals surface area (Å²) in [6.07, 6.45) is 8.85. The Labute approximate surface area is 161 Å². The Hall–Kier alpha value is -2.44. The number of nitrogens with zero attached hydrogens (tertiary/aromatic N) is 4. The summed E-state index contributed by atoms with van der Waals surface area (Å²) in [5.74, 6) is 1.99. The van der Waals surface area contributed by atoms with Crippen molar-refractivity contribution in [2.75, 3.05) is 19.6 Å². The van der Waals surface area contributed by atoms with Crippen LogP contribution in [0.15, 0.2) is 33.9 Å². The number of hydrogen-bond donors (Lipinski definition) is 2. The molecule has 0 amide bonds. The lowest BCUT2D eigenvalue weighted by Gasteiger charge is -2.25. The van der Waals surface area contributed by atoms with Crippen molar-refractivity contribution in [2.24, 2.45) is 10.4 Å². The maximum atomic E-state index is 5.30. The van der Waals surface area contributed by atoms with Crippen molar-refractivity contribution in [1.82, 2.24) is 25.8 Å². The second kappa shape index (κ2) is 9.48. The largest absolute Gasteiger partial charge is 0.357 e. The minimum atomic E-state index is 0.396. The second-order valence-electron chi connectivity index (χ2n) is 7.16. The Morgan fingerprint density at radius 1 is 1.22 bits per heavy atom. The van der Waals surface area contributed by atoms with Crippen LogP contribution in [0.1, 0.15) is 51.8 Å². The molecule has 0 spiro atoms. The van der Waals surface area contributed by atoms with Gasteiger partial charge in [0.25, 0.3) is 5.89 Å². The van der Waals surface area contributed by atoms with Gasteiger partial charge in [0, 0.05) is 32.3 Å². The van der Waals surface area contributed by atoms with Crippen molar-refractivity contribution >= 4 is 5.96 Å². The Morgan fingerprint density at radius 3 is 2.78 bits per heavy atom. The van der Waals surface area contributed by atoms with E-state index < -0.39 is 0 Å². The molecule has 0 radical (unpaired) electrons. The quantitative estimate of drug-likeness (QED) is 0.548. The standard InChI is InChI=1S/C20H30N6O/c1-3-20(11-6-7-12-20)15-24-19(21-4-2)23-14-10-17-25-18(27-26-17)16-9-5-8-13-22-16/h5,8-9,13H,3-4,6-7,10-12,14-15H2,1-2H3,(H2,21,23,24). The first kappa shape index (κ1) is 19.3. The number of aromatic nitrogens is 3. The molecule has 0 unspecified atom stereocenters. The highest BCUT2D eigenvalue weighted by atomic mass is 16.5. The molecule has 0 saturated heterocycles. The monoisotopic (exact) mass is 370 g/mol. The highest BCUT2D eigenvalue weighted by Crippen LogP contribution is 2.41. The molecule has 7 nitrogen and oxygen atoms in total. The molecule has 2 N–H and O–H groups in total. The van der Waals surface area contributed by atoms with Crippen LogP contribution in [-0.2, 0) is 6.42 Å². The third-order valence-electron chi connectivity index (χ3n) is 5.32. The van der Waals surface area contributed by atoms with E-state index >= 15 is 0 Å². The van der Waals surface area contributed by atoms with E-state index in [0.717, 1.165) is 19.0 Å². The van der Waals surface area contributed by atoms with Gasteiger partial charge in [0.1, 0.15) is 5.69 Å². The SMILES string of the molecule is CCNC(=NCC1(CC)CCCC1)NCCc1noc(-c2ccccn2)n1. The molecule has 2 heterocycles. The molecule has 2 aromatic heterocycles. The van der Waals surface area contributed by atoms with Gasteiger partial charge in [-0.25, -0.2) is 0 Å². The van der Waals surface area contributed by atoms with Crippen LogP contribution in [0.25, 0.3) is 11.6 Å². The van der Waals surface area contributed by atoms with Gasteiger partial charge in [-0.05, 0) is 43.7 Å². The molecular formula is C20H30N6O. The second-order valence-corrected chi connectivity index (χ2v) is 7.16. The first-order chi connectivity index (χ1) is 13.2. The fraction of sp³-hybridized carbons (Fsp3) is 0.600. The number of guanidine groups is 1. The van der Waals surface area contributed by atoms with Gasteiger partial charge < -0.3 is 15.2 Å². The molecule has 1 fully saturated rings. The van der Waals surface area contributed by atoms with Crippen LogP contribution in [-0.4, -0.2) is 40.7 Å². The fourth-order valence-corrected chi connectivity index (χ4v) is 3.58. The van der Waals surface area contributed by atoms with Crippen molar-refractivity contribution in [2.45, 2.75) is 52.4 Å². The molecule has 3 rings (SSSR count). The van der Waals surface area contributed by atoms with E-state index in [1.165, 1.54) is 32.1 Å². The van der Waals surface area contributed by atoms with Crippen LogP contribution >= 0.6 is 0 Å². The lowest BCUT2D eigenvalue weighted by molar-refractivity contribution is 0.297. The maximum absolute atomic E-state index is 5.30. The van der Waals surface area contributed by atoms with Gasteiger partial charge in [-0.15, -0.1) is 0 Å². The number of nitrogens with one attached hydrogen (secondary N) is 2. The van der Waals surface area contributed by atoms with Crippen LogP contribution in [0.3, 0.4) is 0 Å².